The maximum atomic E-state index is 5.28. The molecule has 0 spiro atoms. The number of hydrogen-bond donors (Lipinski definition) is 0. The lowest BCUT2D eigenvalue weighted by molar-refractivity contribution is 1.07. The van der Waals surface area contributed by atoms with Crippen LogP contribution in [0.5, 0.6) is 0 Å². The molecule has 0 aliphatic carbocycles. The van der Waals surface area contributed by atoms with Crippen LogP contribution in [0.25, 0.3) is 115 Å². The van der Waals surface area contributed by atoms with Crippen molar-refractivity contribution in [2.75, 3.05) is 0 Å². The number of thiophene rings is 1. The van der Waals surface area contributed by atoms with Gasteiger partial charge in [-0.1, -0.05) is 176 Å². The van der Waals surface area contributed by atoms with E-state index in [2.05, 4.69) is 193 Å². The van der Waals surface area contributed by atoms with Gasteiger partial charge in [0.1, 0.15) is 0 Å². The smallest absolute Gasteiger partial charge is 0.164 e. The van der Waals surface area contributed by atoms with Crippen LogP contribution in [0.4, 0.5) is 0 Å². The molecule has 0 saturated heterocycles. The predicted octanol–water partition coefficient (Wildman–Crippen LogP) is 14.8. The predicted molar refractivity (Wildman–Crippen MR) is 252 cm³/mol. The quantitative estimate of drug-likeness (QED) is 0.169. The van der Waals surface area contributed by atoms with Gasteiger partial charge >= 0.3 is 0 Å². The molecule has 12 rings (SSSR count). The fraction of sp³-hybridized carbons (Fsp3) is 0. The van der Waals surface area contributed by atoms with Crippen LogP contribution in [0.2, 0.25) is 0 Å². The highest BCUT2D eigenvalue weighted by Crippen LogP contribution is 2.41. The fourth-order valence-electron chi connectivity index (χ4n) is 8.79. The number of benzene rings is 9. The number of rotatable bonds is 6. The summed E-state index contributed by atoms with van der Waals surface area (Å²) in [5, 5.41) is 7.42. The van der Waals surface area contributed by atoms with Crippen LogP contribution in [0.3, 0.4) is 0 Å². The summed E-state index contributed by atoms with van der Waals surface area (Å²) in [4.78, 5) is 15.6. The molecular weight excluding hydrogens is 749 g/mol. The Labute approximate surface area is 350 Å². The van der Waals surface area contributed by atoms with E-state index < -0.39 is 0 Å². The first-order chi connectivity index (χ1) is 29.7. The van der Waals surface area contributed by atoms with Gasteiger partial charge in [-0.3, -0.25) is 0 Å². The highest BCUT2D eigenvalue weighted by Gasteiger charge is 2.20. The van der Waals surface area contributed by atoms with Crippen molar-refractivity contribution in [2.24, 2.45) is 0 Å². The Morgan fingerprint density at radius 1 is 0.333 bits per heavy atom. The van der Waals surface area contributed by atoms with E-state index in [0.29, 0.717) is 17.5 Å². The molecule has 4 nitrogen and oxygen atoms in total. The van der Waals surface area contributed by atoms with E-state index in [-0.39, 0.29) is 0 Å². The molecule has 3 heterocycles. The monoisotopic (exact) mass is 782 g/mol. The van der Waals surface area contributed by atoms with E-state index >= 15 is 0 Å². The molecule has 0 amide bonds. The standard InChI is InChI=1S/C55H34N4S/c1-3-14-35(15-4-1)42-29-28-41(33-49(42)59-48-24-11-9-22-44(48)47-31-26-36-16-7-8-21-43(36)52(47)59)55-57-53(37-17-5-2-6-18-37)56-54(58-55)40-20-13-19-38(32-40)39-27-30-46-45-23-10-12-25-50(45)60-51(46)34-39/h1-34H. The average molecular weight is 783 g/mol. The van der Waals surface area contributed by atoms with Crippen LogP contribution >= 0.6 is 11.3 Å². The summed E-state index contributed by atoms with van der Waals surface area (Å²) in [5.74, 6) is 1.87. The van der Waals surface area contributed by atoms with Crippen molar-refractivity contribution >= 4 is 64.1 Å². The normalized spacial score (nSPS) is 11.7. The first-order valence-corrected chi connectivity index (χ1v) is 21.0. The third kappa shape index (κ3) is 5.70. The second-order valence-corrected chi connectivity index (χ2v) is 16.3. The van der Waals surface area contributed by atoms with Gasteiger partial charge in [-0.2, -0.15) is 0 Å². The maximum Gasteiger partial charge on any atom is 0.164 e. The van der Waals surface area contributed by atoms with Crippen molar-refractivity contribution in [1.82, 2.24) is 19.5 Å². The minimum Gasteiger partial charge on any atom is -0.308 e. The first-order valence-electron chi connectivity index (χ1n) is 20.2. The van der Waals surface area contributed by atoms with Gasteiger partial charge in [0.05, 0.1) is 16.7 Å². The van der Waals surface area contributed by atoms with Gasteiger partial charge in [-0.05, 0) is 52.4 Å². The van der Waals surface area contributed by atoms with Gasteiger partial charge in [0, 0.05) is 58.6 Å². The van der Waals surface area contributed by atoms with Crippen molar-refractivity contribution in [3.05, 3.63) is 206 Å². The van der Waals surface area contributed by atoms with Gasteiger partial charge in [-0.25, -0.2) is 15.0 Å². The van der Waals surface area contributed by atoms with Crippen LogP contribution < -0.4 is 0 Å². The zero-order chi connectivity index (χ0) is 39.6. The summed E-state index contributed by atoms with van der Waals surface area (Å²) in [5.41, 5.74) is 10.7. The minimum atomic E-state index is 0.613. The molecule has 0 fully saturated rings. The molecule has 5 heteroatoms. The Bertz CT molecular complexity index is 3610. The highest BCUT2D eigenvalue weighted by atomic mass is 32.1. The Morgan fingerprint density at radius 3 is 1.72 bits per heavy atom. The lowest BCUT2D eigenvalue weighted by Crippen LogP contribution is -2.02. The number of fused-ring (bicyclic) bond motifs is 8. The van der Waals surface area contributed by atoms with Crippen LogP contribution in [0.15, 0.2) is 206 Å². The molecule has 9 aromatic carbocycles. The Morgan fingerprint density at radius 2 is 0.900 bits per heavy atom. The SMILES string of the molecule is c1ccc(-c2nc(-c3cccc(-c4ccc5c(c4)sc4ccccc45)c3)nc(-c3ccc(-c4ccccc4)c(-n4c5ccccc5c5ccc6ccccc6c54)c3)n2)cc1. The van der Waals surface area contributed by atoms with Crippen molar-refractivity contribution in [1.29, 1.82) is 0 Å². The van der Waals surface area contributed by atoms with E-state index in [9.17, 15) is 0 Å². The summed E-state index contributed by atoms with van der Waals surface area (Å²) >= 11 is 1.84. The van der Waals surface area contributed by atoms with E-state index in [4.69, 9.17) is 15.0 Å². The third-order valence-corrected chi connectivity index (χ3v) is 12.8. The maximum absolute atomic E-state index is 5.28. The second-order valence-electron chi connectivity index (χ2n) is 15.2. The molecule has 0 bridgehead atoms. The van der Waals surface area contributed by atoms with Gasteiger partial charge in [0.2, 0.25) is 0 Å². The zero-order valence-electron chi connectivity index (χ0n) is 32.3. The average Bonchev–Trinajstić information content (AvgIpc) is 3.87. The largest absolute Gasteiger partial charge is 0.308 e. The lowest BCUT2D eigenvalue weighted by Gasteiger charge is -2.17. The number of para-hydroxylation sites is 1. The minimum absolute atomic E-state index is 0.613. The molecule has 0 saturated carbocycles. The summed E-state index contributed by atoms with van der Waals surface area (Å²) in [6.07, 6.45) is 0. The fourth-order valence-corrected chi connectivity index (χ4v) is 9.94. The van der Waals surface area contributed by atoms with E-state index in [1.165, 1.54) is 47.2 Å². The Kier molecular flexibility index (Phi) is 8.00. The van der Waals surface area contributed by atoms with Crippen molar-refractivity contribution in [2.45, 2.75) is 0 Å². The molecule has 280 valence electrons. The number of nitrogens with zero attached hydrogens (tertiary/aromatic N) is 4. The van der Waals surface area contributed by atoms with Crippen LogP contribution in [0.1, 0.15) is 0 Å². The molecule has 0 unspecified atom stereocenters. The third-order valence-electron chi connectivity index (χ3n) is 11.6. The van der Waals surface area contributed by atoms with Crippen molar-refractivity contribution < 1.29 is 0 Å². The Hall–Kier alpha value is -7.73. The molecule has 60 heavy (non-hydrogen) atoms. The zero-order valence-corrected chi connectivity index (χ0v) is 33.1. The van der Waals surface area contributed by atoms with E-state index in [0.717, 1.165) is 50.1 Å². The highest BCUT2D eigenvalue weighted by molar-refractivity contribution is 7.25. The molecule has 0 aliphatic rings. The number of aromatic nitrogens is 4. The van der Waals surface area contributed by atoms with Crippen molar-refractivity contribution in [3.63, 3.8) is 0 Å². The lowest BCUT2D eigenvalue weighted by atomic mass is 10.00. The van der Waals surface area contributed by atoms with Crippen LogP contribution in [-0.2, 0) is 0 Å². The molecule has 12 aromatic rings. The van der Waals surface area contributed by atoms with Crippen molar-refractivity contribution in [3.8, 4) is 62.1 Å². The van der Waals surface area contributed by atoms with E-state index in [1.54, 1.807) is 0 Å². The van der Waals surface area contributed by atoms with E-state index in [1.807, 2.05) is 29.5 Å². The summed E-state index contributed by atoms with van der Waals surface area (Å²) in [6, 6.07) is 73.4. The molecule has 0 atom stereocenters. The second kappa shape index (κ2) is 14.0. The van der Waals surface area contributed by atoms with Gasteiger partial charge in [0.15, 0.2) is 17.5 Å². The van der Waals surface area contributed by atoms with Gasteiger partial charge < -0.3 is 4.57 Å². The number of hydrogen-bond acceptors (Lipinski definition) is 4. The molecule has 3 aromatic heterocycles. The van der Waals surface area contributed by atoms with Gasteiger partial charge in [0.25, 0.3) is 0 Å². The topological polar surface area (TPSA) is 43.6 Å². The van der Waals surface area contributed by atoms with Crippen LogP contribution in [-0.4, -0.2) is 19.5 Å². The Balaban J connectivity index is 1.07. The molecule has 0 N–H and O–H groups in total. The van der Waals surface area contributed by atoms with Crippen LogP contribution in [0, 0.1) is 0 Å². The molecule has 0 aliphatic heterocycles. The van der Waals surface area contributed by atoms with Gasteiger partial charge in [-0.15, -0.1) is 11.3 Å². The first kappa shape index (κ1) is 34.3. The summed E-state index contributed by atoms with van der Waals surface area (Å²) in [7, 11) is 0. The molecule has 0 radical (unpaired) electrons. The molecular formula is C55H34N4S. The summed E-state index contributed by atoms with van der Waals surface area (Å²) in [6.45, 7) is 0. The summed E-state index contributed by atoms with van der Waals surface area (Å²) < 4.78 is 5.02.